The molecule has 0 aromatic carbocycles. The van der Waals surface area contributed by atoms with Gasteiger partial charge in [0.2, 0.25) is 5.91 Å². The van der Waals surface area contributed by atoms with Crippen LogP contribution in [0.3, 0.4) is 0 Å². The number of aliphatic carboxylic acids is 1. The highest BCUT2D eigenvalue weighted by molar-refractivity contribution is 5.80. The lowest BCUT2D eigenvalue weighted by atomic mass is 10.1. The van der Waals surface area contributed by atoms with Crippen LogP contribution in [0.2, 0.25) is 0 Å². The minimum atomic E-state index is -0.889. The van der Waals surface area contributed by atoms with Crippen molar-refractivity contribution in [2.24, 2.45) is 5.92 Å². The molecule has 0 bridgehead atoms. The Morgan fingerprint density at radius 3 is 2.71 bits per heavy atom. The topological polar surface area (TPSA) is 112 Å². The summed E-state index contributed by atoms with van der Waals surface area (Å²) in [4.78, 5) is 40.4. The number of carbonyl (C=O) groups is 2. The van der Waals surface area contributed by atoms with Crippen molar-refractivity contribution < 1.29 is 14.7 Å². The van der Waals surface area contributed by atoms with E-state index >= 15 is 0 Å². The van der Waals surface area contributed by atoms with Gasteiger partial charge in [0.1, 0.15) is 0 Å². The zero-order chi connectivity index (χ0) is 15.6. The van der Waals surface area contributed by atoms with Crippen LogP contribution in [0.5, 0.6) is 0 Å². The first kappa shape index (κ1) is 15.0. The predicted molar refractivity (Wildman–Crippen MR) is 74.8 cm³/mol. The molecule has 1 heterocycles. The molecule has 1 amide bonds. The van der Waals surface area contributed by atoms with Gasteiger partial charge in [-0.05, 0) is 20.3 Å². The second-order valence-corrected chi connectivity index (χ2v) is 5.15. The van der Waals surface area contributed by atoms with Gasteiger partial charge in [0.05, 0.1) is 12.3 Å². The van der Waals surface area contributed by atoms with Gasteiger partial charge in [-0.1, -0.05) is 12.2 Å². The highest BCUT2D eigenvalue weighted by Crippen LogP contribution is 2.18. The summed E-state index contributed by atoms with van der Waals surface area (Å²) in [7, 11) is 0. The second kappa shape index (κ2) is 5.90. The Bertz CT molecular complexity index is 636. The number of aromatic amines is 1. The lowest BCUT2D eigenvalue weighted by molar-refractivity contribution is -0.140. The van der Waals surface area contributed by atoms with Crippen molar-refractivity contribution in [2.75, 3.05) is 0 Å². The molecule has 2 unspecified atom stereocenters. The second-order valence-electron chi connectivity index (χ2n) is 5.15. The summed E-state index contributed by atoms with van der Waals surface area (Å²) in [5.41, 5.74) is 1.39. The van der Waals surface area contributed by atoms with Gasteiger partial charge in [-0.25, -0.2) is 4.79 Å². The molecule has 3 N–H and O–H groups in total. The van der Waals surface area contributed by atoms with Gasteiger partial charge in [0.25, 0.3) is 0 Å². The van der Waals surface area contributed by atoms with Crippen molar-refractivity contribution in [3.63, 3.8) is 0 Å². The third-order valence-corrected chi connectivity index (χ3v) is 3.54. The first-order chi connectivity index (χ1) is 9.86. The third-order valence-electron chi connectivity index (χ3n) is 3.54. The molecule has 7 heteroatoms. The molecule has 0 fully saturated rings. The molecule has 1 aromatic heterocycles. The number of H-pyrrole nitrogens is 1. The SMILES string of the molecule is Cc1nc(=O)[nH]c(C)c1CC(=O)NC1C=CC(C(=O)O)C1. The van der Waals surface area contributed by atoms with Crippen molar-refractivity contribution in [3.8, 4) is 0 Å². The molecule has 0 saturated heterocycles. The maximum atomic E-state index is 12.0. The van der Waals surface area contributed by atoms with Gasteiger partial charge in [-0.3, -0.25) is 9.59 Å². The Hall–Kier alpha value is -2.44. The van der Waals surface area contributed by atoms with Gasteiger partial charge in [-0.15, -0.1) is 0 Å². The smallest absolute Gasteiger partial charge is 0.345 e. The van der Waals surface area contributed by atoms with Crippen LogP contribution in [0, 0.1) is 19.8 Å². The standard InChI is InChI=1S/C14H17N3O4/c1-7-11(8(2)16-14(21)15-7)6-12(18)17-10-4-3-9(5-10)13(19)20/h3-4,9-10H,5-6H2,1-2H3,(H,17,18)(H,19,20)(H,15,16,21). The Kier molecular flexibility index (Phi) is 4.21. The molecule has 112 valence electrons. The van der Waals surface area contributed by atoms with Gasteiger partial charge in [-0.2, -0.15) is 4.98 Å². The predicted octanol–water partition coefficient (Wildman–Crippen LogP) is 0.0747. The Labute approximate surface area is 121 Å². The summed E-state index contributed by atoms with van der Waals surface area (Å²) in [5, 5.41) is 11.7. The van der Waals surface area contributed by atoms with Crippen LogP contribution in [0.15, 0.2) is 16.9 Å². The van der Waals surface area contributed by atoms with Crippen LogP contribution in [-0.4, -0.2) is 33.0 Å². The summed E-state index contributed by atoms with van der Waals surface area (Å²) >= 11 is 0. The monoisotopic (exact) mass is 291 g/mol. The van der Waals surface area contributed by atoms with E-state index in [-0.39, 0.29) is 18.4 Å². The van der Waals surface area contributed by atoms with E-state index < -0.39 is 17.6 Å². The number of carboxylic acids is 1. The number of rotatable bonds is 4. The van der Waals surface area contributed by atoms with E-state index in [4.69, 9.17) is 5.11 Å². The van der Waals surface area contributed by atoms with E-state index in [0.717, 1.165) is 0 Å². The van der Waals surface area contributed by atoms with Gasteiger partial charge in [0, 0.05) is 23.0 Å². The van der Waals surface area contributed by atoms with Crippen LogP contribution in [0.25, 0.3) is 0 Å². The number of hydrogen-bond acceptors (Lipinski definition) is 4. The van der Waals surface area contributed by atoms with Crippen molar-refractivity contribution in [1.29, 1.82) is 0 Å². The molecular formula is C14H17N3O4. The Morgan fingerprint density at radius 1 is 1.43 bits per heavy atom. The van der Waals surface area contributed by atoms with E-state index in [1.807, 2.05) is 0 Å². The van der Waals surface area contributed by atoms with Crippen LogP contribution in [0.1, 0.15) is 23.4 Å². The molecule has 1 aromatic rings. The summed E-state index contributed by atoms with van der Waals surface area (Å²) in [5.74, 6) is -1.66. The minimum Gasteiger partial charge on any atom is -0.481 e. The number of nitrogens with zero attached hydrogens (tertiary/aromatic N) is 1. The van der Waals surface area contributed by atoms with E-state index in [1.165, 1.54) is 0 Å². The van der Waals surface area contributed by atoms with Crippen LogP contribution >= 0.6 is 0 Å². The number of hydrogen-bond donors (Lipinski definition) is 3. The fraction of sp³-hybridized carbons (Fsp3) is 0.429. The quantitative estimate of drug-likeness (QED) is 0.680. The Morgan fingerprint density at radius 2 is 2.14 bits per heavy atom. The zero-order valence-electron chi connectivity index (χ0n) is 11.8. The van der Waals surface area contributed by atoms with Crippen LogP contribution < -0.4 is 11.0 Å². The fourth-order valence-electron chi connectivity index (χ4n) is 2.42. The molecule has 2 rings (SSSR count). The summed E-state index contributed by atoms with van der Waals surface area (Å²) in [6.07, 6.45) is 3.75. The highest BCUT2D eigenvalue weighted by atomic mass is 16.4. The van der Waals surface area contributed by atoms with Crippen molar-refractivity contribution in [1.82, 2.24) is 15.3 Å². The number of aromatic nitrogens is 2. The van der Waals surface area contributed by atoms with E-state index in [2.05, 4.69) is 15.3 Å². The van der Waals surface area contributed by atoms with E-state index in [0.29, 0.717) is 23.4 Å². The molecule has 7 nitrogen and oxygen atoms in total. The van der Waals surface area contributed by atoms with E-state index in [1.54, 1.807) is 26.0 Å². The lowest BCUT2D eigenvalue weighted by Gasteiger charge is -2.13. The van der Waals surface area contributed by atoms with E-state index in [9.17, 15) is 14.4 Å². The summed E-state index contributed by atoms with van der Waals surface area (Å²) < 4.78 is 0. The average Bonchev–Trinajstić information content (AvgIpc) is 2.82. The van der Waals surface area contributed by atoms with Crippen LogP contribution in [-0.2, 0) is 16.0 Å². The maximum absolute atomic E-state index is 12.0. The highest BCUT2D eigenvalue weighted by Gasteiger charge is 2.25. The molecule has 1 aliphatic carbocycles. The van der Waals surface area contributed by atoms with Gasteiger partial charge >= 0.3 is 11.7 Å². The average molecular weight is 291 g/mol. The maximum Gasteiger partial charge on any atom is 0.345 e. The number of amides is 1. The zero-order valence-corrected chi connectivity index (χ0v) is 11.8. The third kappa shape index (κ3) is 3.56. The molecule has 0 spiro atoms. The summed E-state index contributed by atoms with van der Waals surface area (Å²) in [6, 6.07) is -0.269. The Balaban J connectivity index is 1.99. The molecule has 1 aliphatic rings. The molecular weight excluding hydrogens is 274 g/mol. The first-order valence-electron chi connectivity index (χ1n) is 6.63. The fourth-order valence-corrected chi connectivity index (χ4v) is 2.42. The molecule has 0 saturated carbocycles. The molecule has 0 radical (unpaired) electrons. The number of carbonyl (C=O) groups excluding carboxylic acids is 1. The van der Waals surface area contributed by atoms with Crippen molar-refractivity contribution in [2.45, 2.75) is 32.7 Å². The first-order valence-corrected chi connectivity index (χ1v) is 6.63. The van der Waals surface area contributed by atoms with Crippen LogP contribution in [0.4, 0.5) is 0 Å². The lowest BCUT2D eigenvalue weighted by Crippen LogP contribution is -2.35. The molecule has 2 atom stereocenters. The van der Waals surface area contributed by atoms with Crippen molar-refractivity contribution >= 4 is 11.9 Å². The molecule has 21 heavy (non-hydrogen) atoms. The largest absolute Gasteiger partial charge is 0.481 e. The number of aryl methyl sites for hydroxylation is 2. The van der Waals surface area contributed by atoms with Crippen molar-refractivity contribution in [3.05, 3.63) is 39.6 Å². The van der Waals surface area contributed by atoms with Gasteiger partial charge < -0.3 is 15.4 Å². The minimum absolute atomic E-state index is 0.101. The van der Waals surface area contributed by atoms with Gasteiger partial charge in [0.15, 0.2) is 0 Å². The number of nitrogens with one attached hydrogen (secondary N) is 2. The molecule has 0 aliphatic heterocycles. The number of carboxylic acid groups (broad SMARTS) is 1. The summed E-state index contributed by atoms with van der Waals surface area (Å²) in [6.45, 7) is 3.40. The normalized spacial score (nSPS) is 20.5.